The zero-order chi connectivity index (χ0) is 19.8. The molecule has 1 aliphatic rings. The average Bonchev–Trinajstić information content (AvgIpc) is 3.31. The van der Waals surface area contributed by atoms with Gasteiger partial charge in [-0.05, 0) is 45.0 Å². The van der Waals surface area contributed by atoms with Gasteiger partial charge in [0, 0.05) is 44.5 Å². The Bertz CT molecular complexity index is 755. The fourth-order valence-corrected chi connectivity index (χ4v) is 3.52. The summed E-state index contributed by atoms with van der Waals surface area (Å²) >= 11 is 0. The second kappa shape index (κ2) is 10.2. The quantitative estimate of drug-likeness (QED) is 0.527. The van der Waals surface area contributed by atoms with Gasteiger partial charge in [-0.15, -0.1) is 10.2 Å². The minimum absolute atomic E-state index is 0.498. The van der Waals surface area contributed by atoms with E-state index in [-0.39, 0.29) is 0 Å². The molecule has 0 bridgehead atoms. The predicted molar refractivity (Wildman–Crippen MR) is 111 cm³/mol. The summed E-state index contributed by atoms with van der Waals surface area (Å²) in [6, 6.07) is 6.58. The first-order valence-corrected chi connectivity index (χ1v) is 10.2. The van der Waals surface area contributed by atoms with Gasteiger partial charge in [0.25, 0.3) is 0 Å². The van der Waals surface area contributed by atoms with Gasteiger partial charge in [0.05, 0.1) is 0 Å². The molecule has 0 spiro atoms. The third-order valence-corrected chi connectivity index (χ3v) is 5.37. The first-order valence-electron chi connectivity index (χ1n) is 10.2. The highest BCUT2D eigenvalue weighted by atomic mass is 15.3. The molecular weight excluding hydrogens is 352 g/mol. The lowest BCUT2D eigenvalue weighted by molar-refractivity contribution is 0.267. The van der Waals surface area contributed by atoms with E-state index in [9.17, 15) is 0 Å². The third kappa shape index (κ3) is 5.51. The molecule has 2 N–H and O–H groups in total. The number of pyridine rings is 1. The van der Waals surface area contributed by atoms with E-state index in [0.29, 0.717) is 12.6 Å². The molecule has 28 heavy (non-hydrogen) atoms. The minimum Gasteiger partial charge on any atom is -0.356 e. The van der Waals surface area contributed by atoms with E-state index in [1.165, 1.54) is 19.4 Å². The molecule has 8 heteroatoms. The zero-order valence-corrected chi connectivity index (χ0v) is 17.2. The van der Waals surface area contributed by atoms with Crippen molar-refractivity contribution in [3.63, 3.8) is 0 Å². The number of rotatable bonds is 8. The Morgan fingerprint density at radius 1 is 1.29 bits per heavy atom. The van der Waals surface area contributed by atoms with Gasteiger partial charge >= 0.3 is 0 Å². The van der Waals surface area contributed by atoms with Crippen LogP contribution in [0.4, 0.5) is 0 Å². The number of aromatic nitrogens is 4. The molecule has 1 saturated heterocycles. The van der Waals surface area contributed by atoms with Crippen LogP contribution in [-0.2, 0) is 20.0 Å². The van der Waals surface area contributed by atoms with Gasteiger partial charge in [0.15, 0.2) is 11.8 Å². The van der Waals surface area contributed by atoms with Crippen LogP contribution in [0.2, 0.25) is 0 Å². The molecular formula is C20H32N8. The van der Waals surface area contributed by atoms with Crippen LogP contribution in [0.5, 0.6) is 0 Å². The van der Waals surface area contributed by atoms with Crippen molar-refractivity contribution in [1.82, 2.24) is 35.3 Å². The van der Waals surface area contributed by atoms with E-state index >= 15 is 0 Å². The van der Waals surface area contributed by atoms with E-state index in [1.54, 1.807) is 0 Å². The first kappa shape index (κ1) is 20.3. The molecule has 2 aromatic heterocycles. The predicted octanol–water partition coefficient (Wildman–Crippen LogP) is 1.28. The maximum atomic E-state index is 4.74. The van der Waals surface area contributed by atoms with E-state index in [1.807, 2.05) is 42.9 Å². The van der Waals surface area contributed by atoms with Crippen molar-refractivity contribution in [2.75, 3.05) is 26.2 Å². The van der Waals surface area contributed by atoms with Crippen molar-refractivity contribution in [2.45, 2.75) is 45.7 Å². The SMILES string of the molecule is CCN1CCCC1CNC(=NCc1nnc(C)n1C)NCCc1ccccn1. The molecule has 0 saturated carbocycles. The van der Waals surface area contributed by atoms with Crippen molar-refractivity contribution in [3.8, 4) is 0 Å². The number of nitrogens with one attached hydrogen (secondary N) is 2. The number of hydrogen-bond acceptors (Lipinski definition) is 5. The molecule has 152 valence electrons. The Balaban J connectivity index is 1.59. The third-order valence-electron chi connectivity index (χ3n) is 5.37. The lowest BCUT2D eigenvalue weighted by atomic mass is 10.2. The topological polar surface area (TPSA) is 83.3 Å². The normalized spacial score (nSPS) is 17.8. The number of aliphatic imine (C=N–C) groups is 1. The highest BCUT2D eigenvalue weighted by molar-refractivity contribution is 5.79. The summed E-state index contributed by atoms with van der Waals surface area (Å²) in [5, 5.41) is 15.3. The standard InChI is InChI=1S/C20H32N8/c1-4-28-13-7-9-18(28)14-23-20(22-12-10-17-8-5-6-11-21-17)24-15-19-26-25-16(2)27(19)3/h5-6,8,11,18H,4,7,9-10,12-15H2,1-3H3,(H2,22,23,24). The van der Waals surface area contributed by atoms with Crippen LogP contribution in [0.25, 0.3) is 0 Å². The molecule has 3 rings (SSSR count). The number of nitrogens with zero attached hydrogens (tertiary/aromatic N) is 6. The van der Waals surface area contributed by atoms with Gasteiger partial charge < -0.3 is 15.2 Å². The van der Waals surface area contributed by atoms with Crippen LogP contribution in [-0.4, -0.2) is 62.8 Å². The second-order valence-electron chi connectivity index (χ2n) is 7.19. The molecule has 2 aromatic rings. The number of likely N-dealkylation sites (tertiary alicyclic amines) is 1. The largest absolute Gasteiger partial charge is 0.356 e. The minimum atomic E-state index is 0.498. The van der Waals surface area contributed by atoms with Gasteiger partial charge in [-0.2, -0.15) is 0 Å². The summed E-state index contributed by atoms with van der Waals surface area (Å²) in [5.74, 6) is 2.58. The first-order chi connectivity index (χ1) is 13.7. The summed E-state index contributed by atoms with van der Waals surface area (Å²) in [4.78, 5) is 11.7. The van der Waals surface area contributed by atoms with Gasteiger partial charge in [-0.25, -0.2) is 4.99 Å². The van der Waals surface area contributed by atoms with Crippen LogP contribution in [0, 0.1) is 6.92 Å². The highest BCUT2D eigenvalue weighted by Gasteiger charge is 2.22. The van der Waals surface area contributed by atoms with Crippen LogP contribution < -0.4 is 10.6 Å². The average molecular weight is 385 g/mol. The second-order valence-corrected chi connectivity index (χ2v) is 7.19. The molecule has 1 atom stereocenters. The maximum Gasteiger partial charge on any atom is 0.191 e. The summed E-state index contributed by atoms with van der Waals surface area (Å²) in [7, 11) is 1.97. The zero-order valence-electron chi connectivity index (χ0n) is 17.2. The molecule has 0 radical (unpaired) electrons. The van der Waals surface area contributed by atoms with E-state index in [0.717, 1.165) is 49.4 Å². The van der Waals surface area contributed by atoms with E-state index in [2.05, 4.69) is 37.6 Å². The Labute approximate surface area is 167 Å². The van der Waals surface area contributed by atoms with Crippen LogP contribution >= 0.6 is 0 Å². The van der Waals surface area contributed by atoms with Crippen LogP contribution in [0.15, 0.2) is 29.4 Å². The molecule has 1 fully saturated rings. The summed E-state index contributed by atoms with van der Waals surface area (Å²) < 4.78 is 1.98. The maximum absolute atomic E-state index is 4.74. The van der Waals surface area contributed by atoms with Crippen molar-refractivity contribution < 1.29 is 0 Å². The fourth-order valence-electron chi connectivity index (χ4n) is 3.52. The number of likely N-dealkylation sites (N-methyl/N-ethyl adjacent to an activating group) is 1. The lowest BCUT2D eigenvalue weighted by Crippen LogP contribution is -2.45. The molecule has 0 amide bonds. The van der Waals surface area contributed by atoms with Crippen molar-refractivity contribution in [1.29, 1.82) is 0 Å². The number of aryl methyl sites for hydroxylation is 1. The van der Waals surface area contributed by atoms with Crippen LogP contribution in [0.3, 0.4) is 0 Å². The summed E-state index contributed by atoms with van der Waals surface area (Å²) in [6.07, 6.45) is 5.20. The molecule has 0 aromatic carbocycles. The van der Waals surface area contributed by atoms with Crippen LogP contribution in [0.1, 0.15) is 37.1 Å². The lowest BCUT2D eigenvalue weighted by Gasteiger charge is -2.24. The Morgan fingerprint density at radius 2 is 2.18 bits per heavy atom. The van der Waals surface area contributed by atoms with E-state index in [4.69, 9.17) is 4.99 Å². The molecule has 1 aliphatic heterocycles. The van der Waals surface area contributed by atoms with Gasteiger partial charge in [0.1, 0.15) is 12.4 Å². The van der Waals surface area contributed by atoms with E-state index < -0.39 is 0 Å². The molecule has 8 nitrogen and oxygen atoms in total. The van der Waals surface area contributed by atoms with Gasteiger partial charge in [-0.1, -0.05) is 13.0 Å². The van der Waals surface area contributed by atoms with Crippen molar-refractivity contribution >= 4 is 5.96 Å². The molecule has 0 aliphatic carbocycles. The van der Waals surface area contributed by atoms with Crippen molar-refractivity contribution in [2.24, 2.45) is 12.0 Å². The molecule has 1 unspecified atom stereocenters. The highest BCUT2D eigenvalue weighted by Crippen LogP contribution is 2.15. The Kier molecular flexibility index (Phi) is 7.36. The molecule has 3 heterocycles. The van der Waals surface area contributed by atoms with Gasteiger partial charge in [-0.3, -0.25) is 9.88 Å². The summed E-state index contributed by atoms with van der Waals surface area (Å²) in [5.41, 5.74) is 1.08. The van der Waals surface area contributed by atoms with Crippen molar-refractivity contribution in [3.05, 3.63) is 41.7 Å². The Morgan fingerprint density at radius 3 is 2.89 bits per heavy atom. The smallest absolute Gasteiger partial charge is 0.191 e. The summed E-state index contributed by atoms with van der Waals surface area (Å²) in [6.45, 7) is 8.66. The fraction of sp³-hybridized carbons (Fsp3) is 0.600. The van der Waals surface area contributed by atoms with Gasteiger partial charge in [0.2, 0.25) is 0 Å². The Hall–Kier alpha value is -2.48. The monoisotopic (exact) mass is 384 g/mol. The number of hydrogen-bond donors (Lipinski definition) is 2. The number of guanidine groups is 1.